The van der Waals surface area contributed by atoms with Crippen LogP contribution in [0.4, 0.5) is 0 Å². The summed E-state index contributed by atoms with van der Waals surface area (Å²) in [4.78, 5) is 4.77. The average molecular weight is 415 g/mol. The number of aryl methyl sites for hydroxylation is 1. The first kappa shape index (κ1) is 16.9. The van der Waals surface area contributed by atoms with Gasteiger partial charge in [-0.25, -0.2) is 4.98 Å². The molecule has 0 aliphatic rings. The summed E-state index contributed by atoms with van der Waals surface area (Å²) in [6, 6.07) is 6.44. The average Bonchev–Trinajstić information content (AvgIpc) is 2.88. The molecule has 1 unspecified atom stereocenters. The molecule has 0 saturated carbocycles. The Morgan fingerprint density at radius 3 is 2.67 bits per heavy atom. The zero-order valence-corrected chi connectivity index (χ0v) is 15.9. The summed E-state index contributed by atoms with van der Waals surface area (Å²) in [6.45, 7) is 8.69. The Balaban J connectivity index is 2.23. The second-order valence-corrected chi connectivity index (χ2v) is 8.30. The molecule has 0 saturated heterocycles. The van der Waals surface area contributed by atoms with E-state index < -0.39 is 0 Å². The summed E-state index contributed by atoms with van der Waals surface area (Å²) in [6.07, 6.45) is 0.816. The van der Waals surface area contributed by atoms with Gasteiger partial charge in [-0.05, 0) is 40.6 Å². The van der Waals surface area contributed by atoms with Crippen LogP contribution < -0.4 is 11.3 Å². The van der Waals surface area contributed by atoms with Gasteiger partial charge in [0.25, 0.3) is 0 Å². The van der Waals surface area contributed by atoms with Crippen molar-refractivity contribution in [1.82, 2.24) is 10.4 Å². The van der Waals surface area contributed by atoms with Crippen LogP contribution in [0.2, 0.25) is 0 Å². The van der Waals surface area contributed by atoms with Gasteiger partial charge in [0.1, 0.15) is 0 Å². The number of aromatic nitrogens is 1. The Labute approximate surface area is 144 Å². The molecule has 2 rings (SSSR count). The molecule has 1 aromatic heterocycles. The molecule has 0 fully saturated rings. The number of rotatable bonds is 4. The minimum atomic E-state index is 0.0933. The summed E-state index contributed by atoms with van der Waals surface area (Å²) in [5.41, 5.74) is 6.71. The van der Waals surface area contributed by atoms with Crippen molar-refractivity contribution < 1.29 is 0 Å². The number of hydrogen-bond acceptors (Lipinski definition) is 4. The van der Waals surface area contributed by atoms with Crippen LogP contribution in [-0.2, 0) is 11.8 Å². The van der Waals surface area contributed by atoms with Gasteiger partial charge in [0.05, 0.1) is 16.7 Å². The van der Waals surface area contributed by atoms with E-state index in [0.717, 1.165) is 17.1 Å². The Hall–Kier alpha value is -0.500. The molecule has 0 amide bonds. The lowest BCUT2D eigenvalue weighted by atomic mass is 9.93. The number of nitrogens with zero attached hydrogens (tertiary/aromatic N) is 1. The van der Waals surface area contributed by atoms with Gasteiger partial charge < -0.3 is 0 Å². The minimum absolute atomic E-state index is 0.0933. The van der Waals surface area contributed by atoms with E-state index in [2.05, 4.69) is 79.3 Å². The second kappa shape index (κ2) is 6.73. The van der Waals surface area contributed by atoms with E-state index in [1.807, 2.05) is 0 Å². The Kier molecular flexibility index (Phi) is 5.40. The lowest BCUT2D eigenvalue weighted by molar-refractivity contribution is 0.539. The second-order valence-electron chi connectivity index (χ2n) is 6.28. The first-order chi connectivity index (χ1) is 9.82. The predicted molar refractivity (Wildman–Crippen MR) is 98.5 cm³/mol. The van der Waals surface area contributed by atoms with Gasteiger partial charge in [-0.1, -0.05) is 39.0 Å². The van der Waals surface area contributed by atoms with Crippen molar-refractivity contribution in [3.8, 4) is 0 Å². The van der Waals surface area contributed by atoms with Crippen LogP contribution in [-0.4, -0.2) is 4.98 Å². The molecule has 3 N–H and O–H groups in total. The van der Waals surface area contributed by atoms with E-state index in [9.17, 15) is 0 Å². The van der Waals surface area contributed by atoms with Crippen molar-refractivity contribution in [3.05, 3.63) is 49.0 Å². The summed E-state index contributed by atoms with van der Waals surface area (Å²) >= 11 is 4.11. The smallest absolute Gasteiger partial charge is 0.0948 e. The van der Waals surface area contributed by atoms with Crippen LogP contribution in [0.25, 0.3) is 0 Å². The highest BCUT2D eigenvalue weighted by molar-refractivity contribution is 14.1. The Morgan fingerprint density at radius 1 is 1.38 bits per heavy atom. The van der Waals surface area contributed by atoms with Crippen molar-refractivity contribution in [3.63, 3.8) is 0 Å². The van der Waals surface area contributed by atoms with Crippen LogP contribution in [0.15, 0.2) is 23.6 Å². The van der Waals surface area contributed by atoms with E-state index in [1.165, 1.54) is 14.7 Å². The summed E-state index contributed by atoms with van der Waals surface area (Å²) in [5.74, 6) is 5.79. The third-order valence-electron chi connectivity index (χ3n) is 3.50. The normalized spacial score (nSPS) is 13.4. The van der Waals surface area contributed by atoms with Crippen LogP contribution in [0.3, 0.4) is 0 Å². The third kappa shape index (κ3) is 4.03. The van der Waals surface area contributed by atoms with E-state index >= 15 is 0 Å². The van der Waals surface area contributed by atoms with Crippen LogP contribution in [0.1, 0.15) is 48.6 Å². The maximum atomic E-state index is 5.79. The van der Waals surface area contributed by atoms with Crippen LogP contribution in [0.5, 0.6) is 0 Å². The molecule has 1 atom stereocenters. The number of benzene rings is 1. The lowest BCUT2D eigenvalue weighted by Crippen LogP contribution is -2.30. The van der Waals surface area contributed by atoms with Gasteiger partial charge in [0.2, 0.25) is 0 Å². The molecule has 114 valence electrons. The van der Waals surface area contributed by atoms with Gasteiger partial charge in [-0.15, -0.1) is 11.3 Å². The highest BCUT2D eigenvalue weighted by atomic mass is 127. The minimum Gasteiger partial charge on any atom is -0.271 e. The van der Waals surface area contributed by atoms with Crippen molar-refractivity contribution in [2.75, 3.05) is 0 Å². The molecule has 1 heterocycles. The van der Waals surface area contributed by atoms with E-state index in [4.69, 9.17) is 10.8 Å². The standard InChI is InChI=1S/C16H22IN3S/c1-10-6-5-7-11(15(10)17)12(20-18)8-14-19-13(9-21-14)16(2,3)4/h5-7,9,12,20H,8,18H2,1-4H3. The highest BCUT2D eigenvalue weighted by Crippen LogP contribution is 2.29. The molecule has 21 heavy (non-hydrogen) atoms. The largest absolute Gasteiger partial charge is 0.271 e. The number of hydrazine groups is 1. The highest BCUT2D eigenvalue weighted by Gasteiger charge is 2.20. The fourth-order valence-corrected chi connectivity index (χ4v) is 3.92. The first-order valence-corrected chi connectivity index (χ1v) is 8.94. The molecular formula is C16H22IN3S. The molecule has 0 bridgehead atoms. The molecule has 0 radical (unpaired) electrons. The monoisotopic (exact) mass is 415 g/mol. The van der Waals surface area contributed by atoms with E-state index in [1.54, 1.807) is 11.3 Å². The van der Waals surface area contributed by atoms with Crippen LogP contribution >= 0.6 is 33.9 Å². The van der Waals surface area contributed by atoms with E-state index in [0.29, 0.717) is 0 Å². The topological polar surface area (TPSA) is 50.9 Å². The maximum Gasteiger partial charge on any atom is 0.0948 e. The molecule has 0 spiro atoms. The van der Waals surface area contributed by atoms with Gasteiger partial charge in [0.15, 0.2) is 0 Å². The summed E-state index contributed by atoms with van der Waals surface area (Å²) < 4.78 is 1.27. The molecule has 0 aliphatic carbocycles. The lowest BCUT2D eigenvalue weighted by Gasteiger charge is -2.18. The van der Waals surface area contributed by atoms with Crippen molar-refractivity contribution >= 4 is 33.9 Å². The number of halogens is 1. The van der Waals surface area contributed by atoms with Gasteiger partial charge in [-0.2, -0.15) is 0 Å². The maximum absolute atomic E-state index is 5.79. The van der Waals surface area contributed by atoms with Crippen molar-refractivity contribution in [1.29, 1.82) is 0 Å². The molecule has 2 aromatic rings. The SMILES string of the molecule is Cc1cccc(C(Cc2nc(C(C)(C)C)cs2)NN)c1I. The molecule has 5 heteroatoms. The number of thiazole rings is 1. The predicted octanol–water partition coefficient (Wildman–Crippen LogP) is 4.10. The molecule has 1 aromatic carbocycles. The van der Waals surface area contributed by atoms with Gasteiger partial charge in [-0.3, -0.25) is 11.3 Å². The zero-order chi connectivity index (χ0) is 15.6. The molecule has 3 nitrogen and oxygen atoms in total. The number of nitrogens with two attached hydrogens (primary N) is 1. The van der Waals surface area contributed by atoms with E-state index in [-0.39, 0.29) is 11.5 Å². The van der Waals surface area contributed by atoms with Gasteiger partial charge in [0, 0.05) is 20.8 Å². The summed E-state index contributed by atoms with van der Waals surface area (Å²) in [7, 11) is 0. The first-order valence-electron chi connectivity index (χ1n) is 6.99. The fraction of sp³-hybridized carbons (Fsp3) is 0.438. The zero-order valence-electron chi connectivity index (χ0n) is 12.9. The molecular weight excluding hydrogens is 393 g/mol. The Bertz CT molecular complexity index is 616. The van der Waals surface area contributed by atoms with Crippen molar-refractivity contribution in [2.24, 2.45) is 5.84 Å². The third-order valence-corrected chi connectivity index (χ3v) is 5.84. The fourth-order valence-electron chi connectivity index (χ4n) is 2.12. The molecule has 0 aliphatic heterocycles. The number of hydrogen-bond donors (Lipinski definition) is 2. The van der Waals surface area contributed by atoms with Crippen molar-refractivity contribution in [2.45, 2.75) is 45.6 Å². The van der Waals surface area contributed by atoms with Gasteiger partial charge >= 0.3 is 0 Å². The quantitative estimate of drug-likeness (QED) is 0.449. The summed E-state index contributed by atoms with van der Waals surface area (Å²) in [5, 5.41) is 3.28. The number of nitrogens with one attached hydrogen (secondary N) is 1. The van der Waals surface area contributed by atoms with Crippen LogP contribution in [0, 0.1) is 10.5 Å². The Morgan fingerprint density at radius 2 is 2.10 bits per heavy atom.